The van der Waals surface area contributed by atoms with Crippen molar-refractivity contribution in [3.05, 3.63) is 18.1 Å². The maximum Gasteiger partial charge on any atom is 0.255 e. The first-order valence-corrected chi connectivity index (χ1v) is 6.34. The molecule has 1 aliphatic heterocycles. The Kier molecular flexibility index (Phi) is 3.10. The van der Waals surface area contributed by atoms with Gasteiger partial charge >= 0.3 is 0 Å². The Morgan fingerprint density at radius 2 is 2.50 bits per heavy atom. The molecule has 0 bridgehead atoms. The van der Waals surface area contributed by atoms with Gasteiger partial charge in [0.05, 0.1) is 6.61 Å². The minimum atomic E-state index is 0.590. The molecule has 0 aromatic carbocycles. The fourth-order valence-corrected chi connectivity index (χ4v) is 2.29. The zero-order chi connectivity index (χ0) is 12.4. The first-order chi connectivity index (χ1) is 8.83. The summed E-state index contributed by atoms with van der Waals surface area (Å²) < 4.78 is 7.45. The standard InChI is InChI=1S/C12H17N5O/c1-9-6-11(17-12(16-9)14-8-15-17)18-5-3-10-2-4-13-7-10/h6,8,10,13H,2-5,7H2,1H3. The molecule has 2 aromatic rings. The van der Waals surface area contributed by atoms with Crippen LogP contribution >= 0.6 is 0 Å². The van der Waals surface area contributed by atoms with E-state index in [2.05, 4.69) is 20.4 Å². The molecule has 3 heterocycles. The number of rotatable bonds is 4. The monoisotopic (exact) mass is 247 g/mol. The van der Waals surface area contributed by atoms with Crippen LogP contribution in [0, 0.1) is 12.8 Å². The molecule has 1 unspecified atom stereocenters. The van der Waals surface area contributed by atoms with E-state index in [0.29, 0.717) is 12.4 Å². The molecule has 1 atom stereocenters. The van der Waals surface area contributed by atoms with E-state index < -0.39 is 0 Å². The number of nitrogens with zero attached hydrogens (tertiary/aromatic N) is 4. The Morgan fingerprint density at radius 3 is 3.33 bits per heavy atom. The number of aromatic nitrogens is 4. The summed E-state index contributed by atoms with van der Waals surface area (Å²) in [6.45, 7) is 4.89. The van der Waals surface area contributed by atoms with E-state index >= 15 is 0 Å². The van der Waals surface area contributed by atoms with Crippen molar-refractivity contribution in [3.63, 3.8) is 0 Å². The maximum absolute atomic E-state index is 5.81. The average Bonchev–Trinajstić information content (AvgIpc) is 2.98. The van der Waals surface area contributed by atoms with Gasteiger partial charge < -0.3 is 10.1 Å². The van der Waals surface area contributed by atoms with Crippen molar-refractivity contribution in [3.8, 4) is 5.88 Å². The summed E-state index contributed by atoms with van der Waals surface area (Å²) in [5.74, 6) is 2.05. The van der Waals surface area contributed by atoms with Gasteiger partial charge in [0, 0.05) is 11.8 Å². The molecule has 18 heavy (non-hydrogen) atoms. The van der Waals surface area contributed by atoms with Crippen LogP contribution in [0.4, 0.5) is 0 Å². The molecule has 3 rings (SSSR count). The van der Waals surface area contributed by atoms with Crippen LogP contribution in [0.3, 0.4) is 0 Å². The average molecular weight is 247 g/mol. The summed E-state index contributed by atoms with van der Waals surface area (Å²) in [7, 11) is 0. The molecule has 0 aliphatic carbocycles. The van der Waals surface area contributed by atoms with Gasteiger partial charge in [0.1, 0.15) is 6.33 Å². The molecule has 6 heteroatoms. The largest absolute Gasteiger partial charge is 0.477 e. The number of fused-ring (bicyclic) bond motifs is 1. The van der Waals surface area contributed by atoms with Gasteiger partial charge in [0.2, 0.25) is 5.88 Å². The molecule has 0 saturated carbocycles. The zero-order valence-corrected chi connectivity index (χ0v) is 10.5. The molecule has 0 radical (unpaired) electrons. The van der Waals surface area contributed by atoms with E-state index in [0.717, 1.165) is 37.0 Å². The van der Waals surface area contributed by atoms with Crippen LogP contribution in [0.2, 0.25) is 0 Å². The van der Waals surface area contributed by atoms with Crippen LogP contribution in [0.15, 0.2) is 12.4 Å². The fourth-order valence-electron chi connectivity index (χ4n) is 2.29. The molecular weight excluding hydrogens is 230 g/mol. The van der Waals surface area contributed by atoms with Gasteiger partial charge in [-0.15, -0.1) is 0 Å². The smallest absolute Gasteiger partial charge is 0.255 e. The molecule has 0 spiro atoms. The van der Waals surface area contributed by atoms with E-state index in [1.54, 1.807) is 4.52 Å². The predicted octanol–water partition coefficient (Wildman–Crippen LogP) is 0.811. The summed E-state index contributed by atoms with van der Waals surface area (Å²) in [6, 6.07) is 1.90. The second-order valence-corrected chi connectivity index (χ2v) is 4.70. The third kappa shape index (κ3) is 2.28. The fraction of sp³-hybridized carbons (Fsp3) is 0.583. The van der Waals surface area contributed by atoms with E-state index in [1.807, 2.05) is 13.0 Å². The number of nitrogens with one attached hydrogen (secondary N) is 1. The van der Waals surface area contributed by atoms with Crippen molar-refractivity contribution in [2.24, 2.45) is 5.92 Å². The number of ether oxygens (including phenoxy) is 1. The second kappa shape index (κ2) is 4.89. The van der Waals surface area contributed by atoms with Crippen LogP contribution in [0.1, 0.15) is 18.5 Å². The first kappa shape index (κ1) is 11.4. The molecule has 1 fully saturated rings. The lowest BCUT2D eigenvalue weighted by atomic mass is 10.1. The highest BCUT2D eigenvalue weighted by Gasteiger charge is 2.14. The maximum atomic E-state index is 5.81. The lowest BCUT2D eigenvalue weighted by Crippen LogP contribution is -2.12. The summed E-state index contributed by atoms with van der Waals surface area (Å²) in [4.78, 5) is 8.36. The molecule has 1 aliphatic rings. The molecule has 0 amide bonds. The molecule has 1 saturated heterocycles. The third-order valence-corrected chi connectivity index (χ3v) is 3.29. The Balaban J connectivity index is 1.67. The van der Waals surface area contributed by atoms with Gasteiger partial charge in [-0.2, -0.15) is 14.6 Å². The van der Waals surface area contributed by atoms with Crippen molar-refractivity contribution in [1.82, 2.24) is 24.9 Å². The summed E-state index contributed by atoms with van der Waals surface area (Å²) in [5, 5.41) is 7.48. The van der Waals surface area contributed by atoms with Crippen molar-refractivity contribution >= 4 is 5.78 Å². The lowest BCUT2D eigenvalue weighted by molar-refractivity contribution is 0.267. The first-order valence-electron chi connectivity index (χ1n) is 6.34. The Morgan fingerprint density at radius 1 is 1.56 bits per heavy atom. The highest BCUT2D eigenvalue weighted by molar-refractivity contribution is 5.32. The molecule has 96 valence electrons. The van der Waals surface area contributed by atoms with Crippen LogP contribution in [0.25, 0.3) is 5.78 Å². The normalized spacial score (nSPS) is 19.5. The minimum Gasteiger partial charge on any atom is -0.477 e. The molecule has 2 aromatic heterocycles. The lowest BCUT2D eigenvalue weighted by Gasteiger charge is -2.10. The minimum absolute atomic E-state index is 0.590. The van der Waals surface area contributed by atoms with Crippen LogP contribution < -0.4 is 10.1 Å². The van der Waals surface area contributed by atoms with Gasteiger partial charge in [-0.25, -0.2) is 4.98 Å². The molecular formula is C12H17N5O. The predicted molar refractivity (Wildman–Crippen MR) is 66.6 cm³/mol. The molecule has 1 N–H and O–H groups in total. The van der Waals surface area contributed by atoms with Crippen molar-refractivity contribution in [2.75, 3.05) is 19.7 Å². The summed E-state index contributed by atoms with van der Waals surface area (Å²) >= 11 is 0. The van der Waals surface area contributed by atoms with E-state index in [1.165, 1.54) is 12.7 Å². The van der Waals surface area contributed by atoms with E-state index in [4.69, 9.17) is 4.74 Å². The third-order valence-electron chi connectivity index (χ3n) is 3.29. The second-order valence-electron chi connectivity index (χ2n) is 4.70. The van der Waals surface area contributed by atoms with Crippen LogP contribution in [-0.2, 0) is 0 Å². The highest BCUT2D eigenvalue weighted by atomic mass is 16.5. The number of hydrogen-bond acceptors (Lipinski definition) is 5. The quantitative estimate of drug-likeness (QED) is 0.866. The van der Waals surface area contributed by atoms with Gasteiger partial charge in [0.15, 0.2) is 0 Å². The highest BCUT2D eigenvalue weighted by Crippen LogP contribution is 2.16. The molecule has 6 nitrogen and oxygen atoms in total. The van der Waals surface area contributed by atoms with Gasteiger partial charge in [-0.1, -0.05) is 0 Å². The van der Waals surface area contributed by atoms with Crippen LogP contribution in [-0.4, -0.2) is 39.3 Å². The zero-order valence-electron chi connectivity index (χ0n) is 10.5. The van der Waals surface area contributed by atoms with Crippen LogP contribution in [0.5, 0.6) is 5.88 Å². The van der Waals surface area contributed by atoms with Crippen molar-refractivity contribution in [1.29, 1.82) is 0 Å². The number of hydrogen-bond donors (Lipinski definition) is 1. The van der Waals surface area contributed by atoms with Crippen molar-refractivity contribution < 1.29 is 4.74 Å². The Labute approximate surface area is 105 Å². The van der Waals surface area contributed by atoms with Gasteiger partial charge in [-0.05, 0) is 38.8 Å². The SMILES string of the molecule is Cc1cc(OCCC2CCNC2)n2ncnc2n1. The van der Waals surface area contributed by atoms with Crippen molar-refractivity contribution in [2.45, 2.75) is 19.8 Å². The van der Waals surface area contributed by atoms with Gasteiger partial charge in [0.25, 0.3) is 5.78 Å². The summed E-state index contributed by atoms with van der Waals surface area (Å²) in [6.07, 6.45) is 3.82. The van der Waals surface area contributed by atoms with Gasteiger partial charge in [-0.3, -0.25) is 0 Å². The van der Waals surface area contributed by atoms with E-state index in [-0.39, 0.29) is 0 Å². The Bertz CT molecular complexity index is 532. The van der Waals surface area contributed by atoms with E-state index in [9.17, 15) is 0 Å². The summed E-state index contributed by atoms with van der Waals surface area (Å²) in [5.41, 5.74) is 0.896. The Hall–Kier alpha value is -1.69. The number of aryl methyl sites for hydroxylation is 1. The topological polar surface area (TPSA) is 64.3 Å².